The molecule has 2 heterocycles. The number of rotatable bonds is 8. The molecule has 0 radical (unpaired) electrons. The zero-order valence-electron chi connectivity index (χ0n) is 21.0. The SMILES string of the molecule is CC(C)CNC(=O)C(c1ccccc1)N1CC=C(c2ccc(-n3cnn(C(C)C)c3=O)cc2)CC1. The molecule has 184 valence electrons. The maximum Gasteiger partial charge on any atom is 0.350 e. The number of nitrogens with one attached hydrogen (secondary N) is 1. The number of hydrogen-bond acceptors (Lipinski definition) is 4. The fraction of sp³-hybridized carbons (Fsp3) is 0.393. The first-order valence-corrected chi connectivity index (χ1v) is 12.4. The first kappa shape index (κ1) is 24.7. The number of amides is 1. The third-order valence-electron chi connectivity index (χ3n) is 6.35. The van der Waals surface area contributed by atoms with Gasteiger partial charge in [-0.05, 0) is 55.0 Å². The highest BCUT2D eigenvalue weighted by Crippen LogP contribution is 2.29. The second-order valence-corrected chi connectivity index (χ2v) is 9.80. The molecule has 1 aromatic heterocycles. The van der Waals surface area contributed by atoms with Crippen molar-refractivity contribution in [3.05, 3.63) is 88.6 Å². The van der Waals surface area contributed by atoms with Gasteiger partial charge in [0.05, 0.1) is 11.7 Å². The standard InChI is InChI=1S/C28H35N5O2/c1-20(2)18-29-27(34)26(24-8-6-5-7-9-24)31-16-14-23(15-17-31)22-10-12-25(13-11-22)32-19-30-33(21(3)4)28(32)35/h5-14,19-21,26H,15-18H2,1-4H3,(H,29,34). The van der Waals surface area contributed by atoms with Gasteiger partial charge in [-0.1, -0.05) is 62.4 Å². The summed E-state index contributed by atoms with van der Waals surface area (Å²) in [6.45, 7) is 10.3. The maximum absolute atomic E-state index is 13.1. The molecule has 1 aliphatic rings. The van der Waals surface area contributed by atoms with E-state index in [1.54, 1.807) is 10.9 Å². The van der Waals surface area contributed by atoms with Gasteiger partial charge in [0, 0.05) is 19.6 Å². The summed E-state index contributed by atoms with van der Waals surface area (Å²) >= 11 is 0. The van der Waals surface area contributed by atoms with Crippen LogP contribution in [0.15, 0.2) is 71.8 Å². The van der Waals surface area contributed by atoms with Crippen LogP contribution in [0, 0.1) is 5.92 Å². The van der Waals surface area contributed by atoms with Crippen molar-refractivity contribution in [2.45, 2.75) is 46.2 Å². The Hall–Kier alpha value is -3.45. The van der Waals surface area contributed by atoms with E-state index in [0.29, 0.717) is 19.0 Å². The van der Waals surface area contributed by atoms with E-state index in [2.05, 4.69) is 47.4 Å². The van der Waals surface area contributed by atoms with Crippen molar-refractivity contribution in [2.75, 3.05) is 19.6 Å². The first-order chi connectivity index (χ1) is 16.8. The number of carbonyl (C=O) groups is 1. The summed E-state index contributed by atoms with van der Waals surface area (Å²) < 4.78 is 3.05. The van der Waals surface area contributed by atoms with Crippen LogP contribution < -0.4 is 11.0 Å². The highest BCUT2D eigenvalue weighted by Gasteiger charge is 2.29. The lowest BCUT2D eigenvalue weighted by Gasteiger charge is -2.33. The molecule has 0 spiro atoms. The van der Waals surface area contributed by atoms with Crippen LogP contribution in [0.2, 0.25) is 0 Å². The predicted octanol–water partition coefficient (Wildman–Crippen LogP) is 4.22. The second kappa shape index (κ2) is 10.9. The van der Waals surface area contributed by atoms with Gasteiger partial charge in [0.15, 0.2) is 0 Å². The molecule has 0 fully saturated rings. The van der Waals surface area contributed by atoms with Crippen LogP contribution in [0.3, 0.4) is 0 Å². The fourth-order valence-corrected chi connectivity index (χ4v) is 4.43. The topological polar surface area (TPSA) is 72.2 Å². The van der Waals surface area contributed by atoms with Crippen molar-refractivity contribution in [1.82, 2.24) is 24.6 Å². The van der Waals surface area contributed by atoms with Gasteiger partial charge in [0.1, 0.15) is 12.4 Å². The molecule has 3 aromatic rings. The summed E-state index contributed by atoms with van der Waals surface area (Å²) in [6.07, 6.45) is 4.64. The summed E-state index contributed by atoms with van der Waals surface area (Å²) in [5, 5.41) is 7.33. The third-order valence-corrected chi connectivity index (χ3v) is 6.35. The maximum atomic E-state index is 13.1. The molecule has 0 bridgehead atoms. The Balaban J connectivity index is 1.50. The van der Waals surface area contributed by atoms with Gasteiger partial charge in [-0.25, -0.2) is 14.0 Å². The fourth-order valence-electron chi connectivity index (χ4n) is 4.43. The van der Waals surface area contributed by atoms with Crippen molar-refractivity contribution in [2.24, 2.45) is 5.92 Å². The average molecular weight is 474 g/mol. The molecule has 7 heteroatoms. The van der Waals surface area contributed by atoms with Crippen LogP contribution >= 0.6 is 0 Å². The lowest BCUT2D eigenvalue weighted by molar-refractivity contribution is -0.126. The van der Waals surface area contributed by atoms with E-state index in [1.165, 1.54) is 10.3 Å². The van der Waals surface area contributed by atoms with Crippen LogP contribution in [0.25, 0.3) is 11.3 Å². The highest BCUT2D eigenvalue weighted by atomic mass is 16.2. The van der Waals surface area contributed by atoms with E-state index in [0.717, 1.165) is 29.8 Å². The average Bonchev–Trinajstić information content (AvgIpc) is 3.26. The Morgan fingerprint density at radius 3 is 2.31 bits per heavy atom. The predicted molar refractivity (Wildman–Crippen MR) is 139 cm³/mol. The molecular formula is C28H35N5O2. The lowest BCUT2D eigenvalue weighted by atomic mass is 9.96. The molecule has 0 saturated carbocycles. The van der Waals surface area contributed by atoms with Gasteiger partial charge in [-0.2, -0.15) is 5.10 Å². The smallest absolute Gasteiger partial charge is 0.350 e. The van der Waals surface area contributed by atoms with Gasteiger partial charge in [-0.3, -0.25) is 9.69 Å². The first-order valence-electron chi connectivity index (χ1n) is 12.4. The quantitative estimate of drug-likeness (QED) is 0.532. The van der Waals surface area contributed by atoms with Crippen LogP contribution in [0.1, 0.15) is 57.3 Å². The molecule has 2 aromatic carbocycles. The molecule has 4 rings (SSSR count). The Labute approximate surface area is 207 Å². The Kier molecular flexibility index (Phi) is 7.66. The number of aromatic nitrogens is 3. The van der Waals surface area contributed by atoms with E-state index in [-0.39, 0.29) is 23.7 Å². The van der Waals surface area contributed by atoms with Crippen LogP contribution in [-0.2, 0) is 4.79 Å². The molecule has 1 N–H and O–H groups in total. The van der Waals surface area contributed by atoms with Crippen molar-refractivity contribution in [3.63, 3.8) is 0 Å². The molecule has 1 unspecified atom stereocenters. The van der Waals surface area contributed by atoms with E-state index < -0.39 is 0 Å². The minimum atomic E-state index is -0.306. The normalized spacial score (nSPS) is 15.3. The Bertz CT molecular complexity index is 1220. The molecule has 7 nitrogen and oxygen atoms in total. The van der Waals surface area contributed by atoms with Gasteiger partial charge in [-0.15, -0.1) is 0 Å². The second-order valence-electron chi connectivity index (χ2n) is 9.80. The largest absolute Gasteiger partial charge is 0.354 e. The van der Waals surface area contributed by atoms with Crippen LogP contribution in [-0.4, -0.2) is 44.8 Å². The summed E-state index contributed by atoms with van der Waals surface area (Å²) in [7, 11) is 0. The zero-order chi connectivity index (χ0) is 24.9. The number of hydrogen-bond donors (Lipinski definition) is 1. The Morgan fingerprint density at radius 1 is 1.03 bits per heavy atom. The van der Waals surface area contributed by atoms with Crippen molar-refractivity contribution < 1.29 is 4.79 Å². The monoisotopic (exact) mass is 473 g/mol. The van der Waals surface area contributed by atoms with E-state index in [1.807, 2.05) is 56.3 Å². The summed E-state index contributed by atoms with van der Waals surface area (Å²) in [4.78, 5) is 27.9. The number of benzene rings is 2. The third kappa shape index (κ3) is 5.62. The highest BCUT2D eigenvalue weighted by molar-refractivity contribution is 5.83. The van der Waals surface area contributed by atoms with Crippen molar-refractivity contribution in [1.29, 1.82) is 0 Å². The van der Waals surface area contributed by atoms with Crippen molar-refractivity contribution in [3.8, 4) is 5.69 Å². The van der Waals surface area contributed by atoms with E-state index in [4.69, 9.17) is 0 Å². The number of nitrogens with zero attached hydrogens (tertiary/aromatic N) is 4. The summed E-state index contributed by atoms with van der Waals surface area (Å²) in [5.74, 6) is 0.459. The van der Waals surface area contributed by atoms with Gasteiger partial charge >= 0.3 is 5.69 Å². The molecule has 1 amide bonds. The molecular weight excluding hydrogens is 438 g/mol. The Morgan fingerprint density at radius 2 is 1.74 bits per heavy atom. The van der Waals surface area contributed by atoms with E-state index in [9.17, 15) is 9.59 Å². The molecule has 1 aliphatic heterocycles. The minimum Gasteiger partial charge on any atom is -0.354 e. The van der Waals surface area contributed by atoms with Gasteiger partial charge in [0.2, 0.25) is 5.91 Å². The summed E-state index contributed by atoms with van der Waals surface area (Å²) in [5.41, 5.74) is 4.07. The molecule has 0 saturated heterocycles. The van der Waals surface area contributed by atoms with Crippen LogP contribution in [0.4, 0.5) is 0 Å². The molecule has 0 aliphatic carbocycles. The minimum absolute atomic E-state index is 0.0190. The van der Waals surface area contributed by atoms with E-state index >= 15 is 0 Å². The molecule has 35 heavy (non-hydrogen) atoms. The summed E-state index contributed by atoms with van der Waals surface area (Å²) in [6, 6.07) is 17.8. The molecule has 1 atom stereocenters. The van der Waals surface area contributed by atoms with Crippen molar-refractivity contribution >= 4 is 11.5 Å². The lowest BCUT2D eigenvalue weighted by Crippen LogP contribution is -2.43. The van der Waals surface area contributed by atoms with Crippen LogP contribution in [0.5, 0.6) is 0 Å². The van der Waals surface area contributed by atoms with Gasteiger partial charge < -0.3 is 5.32 Å². The number of carbonyl (C=O) groups excluding carboxylic acids is 1. The van der Waals surface area contributed by atoms with Gasteiger partial charge in [0.25, 0.3) is 0 Å². The zero-order valence-corrected chi connectivity index (χ0v) is 21.0.